The van der Waals surface area contributed by atoms with Gasteiger partial charge in [0.05, 0.1) is 5.56 Å². The van der Waals surface area contributed by atoms with Gasteiger partial charge < -0.3 is 10.6 Å². The quantitative estimate of drug-likeness (QED) is 0.871. The summed E-state index contributed by atoms with van der Waals surface area (Å²) < 4.78 is 0.884. The van der Waals surface area contributed by atoms with Crippen molar-refractivity contribution in [3.63, 3.8) is 0 Å². The average molecular weight is 311 g/mol. The van der Waals surface area contributed by atoms with Crippen LogP contribution in [0, 0.1) is 5.92 Å². The van der Waals surface area contributed by atoms with Crippen LogP contribution in [0.3, 0.4) is 0 Å². The van der Waals surface area contributed by atoms with E-state index in [9.17, 15) is 4.79 Å². The number of rotatable bonds is 3. The molecule has 18 heavy (non-hydrogen) atoms. The van der Waals surface area contributed by atoms with E-state index < -0.39 is 0 Å². The Morgan fingerprint density at radius 3 is 2.78 bits per heavy atom. The molecule has 4 heteroatoms. The first-order valence-corrected chi connectivity index (χ1v) is 7.17. The van der Waals surface area contributed by atoms with E-state index in [1.807, 2.05) is 13.1 Å². The van der Waals surface area contributed by atoms with Crippen molar-refractivity contribution in [2.45, 2.75) is 25.7 Å². The number of carbonyl (C=O) groups is 1. The molecule has 1 aromatic rings. The van der Waals surface area contributed by atoms with Crippen LogP contribution < -0.4 is 5.73 Å². The van der Waals surface area contributed by atoms with Gasteiger partial charge in [0.1, 0.15) is 0 Å². The second-order valence-electron chi connectivity index (χ2n) is 5.07. The zero-order valence-corrected chi connectivity index (χ0v) is 12.2. The average Bonchev–Trinajstić information content (AvgIpc) is 2.84. The second-order valence-corrected chi connectivity index (χ2v) is 5.98. The summed E-state index contributed by atoms with van der Waals surface area (Å²) in [5.74, 6) is 0.674. The first kappa shape index (κ1) is 13.4. The number of hydrogen-bond donors (Lipinski definition) is 1. The van der Waals surface area contributed by atoms with Crippen LogP contribution in [0.4, 0.5) is 5.69 Å². The molecular formula is C14H19BrN2O. The fraction of sp³-hybridized carbons (Fsp3) is 0.500. The number of nitrogens with zero attached hydrogens (tertiary/aromatic N) is 1. The third-order valence-electron chi connectivity index (χ3n) is 3.60. The Labute approximate surface area is 116 Å². The van der Waals surface area contributed by atoms with Gasteiger partial charge in [0, 0.05) is 23.8 Å². The van der Waals surface area contributed by atoms with Crippen molar-refractivity contribution in [3.05, 3.63) is 28.2 Å². The van der Waals surface area contributed by atoms with E-state index in [-0.39, 0.29) is 5.91 Å². The normalized spacial score (nSPS) is 15.9. The minimum absolute atomic E-state index is 0.0145. The van der Waals surface area contributed by atoms with Crippen molar-refractivity contribution in [2.75, 3.05) is 19.3 Å². The summed E-state index contributed by atoms with van der Waals surface area (Å²) in [6, 6.07) is 5.41. The number of hydrogen-bond acceptors (Lipinski definition) is 2. The first-order chi connectivity index (χ1) is 8.58. The van der Waals surface area contributed by atoms with Crippen LogP contribution >= 0.6 is 15.9 Å². The van der Waals surface area contributed by atoms with Gasteiger partial charge in [-0.1, -0.05) is 28.8 Å². The lowest BCUT2D eigenvalue weighted by Crippen LogP contribution is -2.31. The molecule has 0 unspecified atom stereocenters. The van der Waals surface area contributed by atoms with Crippen molar-refractivity contribution in [2.24, 2.45) is 5.92 Å². The molecule has 1 saturated carbocycles. The highest BCUT2D eigenvalue weighted by atomic mass is 79.9. The molecule has 1 amide bonds. The highest BCUT2D eigenvalue weighted by molar-refractivity contribution is 9.10. The number of amides is 1. The highest BCUT2D eigenvalue weighted by Gasteiger charge is 2.21. The minimum atomic E-state index is 0.0145. The Hall–Kier alpha value is -1.03. The Kier molecular flexibility index (Phi) is 4.27. The van der Waals surface area contributed by atoms with Crippen LogP contribution in [-0.2, 0) is 0 Å². The molecule has 0 radical (unpaired) electrons. The molecule has 2 N–H and O–H groups in total. The van der Waals surface area contributed by atoms with Crippen LogP contribution in [0.1, 0.15) is 36.0 Å². The number of halogens is 1. The first-order valence-electron chi connectivity index (χ1n) is 6.38. The van der Waals surface area contributed by atoms with E-state index in [1.54, 1.807) is 17.0 Å². The molecule has 1 fully saturated rings. The summed E-state index contributed by atoms with van der Waals surface area (Å²) in [4.78, 5) is 14.1. The second kappa shape index (κ2) is 5.74. The van der Waals surface area contributed by atoms with Gasteiger partial charge in [-0.2, -0.15) is 0 Å². The number of carbonyl (C=O) groups excluding carboxylic acids is 1. The van der Waals surface area contributed by atoms with Crippen molar-refractivity contribution in [1.82, 2.24) is 4.90 Å². The highest BCUT2D eigenvalue weighted by Crippen LogP contribution is 2.26. The lowest BCUT2D eigenvalue weighted by molar-refractivity contribution is 0.0774. The molecule has 1 aliphatic carbocycles. The Morgan fingerprint density at radius 2 is 2.11 bits per heavy atom. The maximum atomic E-state index is 12.3. The molecule has 0 saturated heterocycles. The maximum Gasteiger partial charge on any atom is 0.255 e. The third kappa shape index (κ3) is 3.05. The molecule has 3 nitrogen and oxygen atoms in total. The predicted molar refractivity (Wildman–Crippen MR) is 77.5 cm³/mol. The largest absolute Gasteiger partial charge is 0.398 e. The minimum Gasteiger partial charge on any atom is -0.398 e. The molecule has 1 aromatic carbocycles. The van der Waals surface area contributed by atoms with E-state index in [1.165, 1.54) is 25.7 Å². The Balaban J connectivity index is 2.07. The molecule has 0 aliphatic heterocycles. The zero-order valence-electron chi connectivity index (χ0n) is 10.7. The third-order valence-corrected chi connectivity index (χ3v) is 4.09. The molecule has 0 spiro atoms. The van der Waals surface area contributed by atoms with Crippen molar-refractivity contribution < 1.29 is 4.79 Å². The summed E-state index contributed by atoms with van der Waals surface area (Å²) >= 11 is 3.38. The molecule has 2 rings (SSSR count). The Bertz CT molecular complexity index is 441. The van der Waals surface area contributed by atoms with Gasteiger partial charge in [0.2, 0.25) is 0 Å². The molecule has 0 heterocycles. The fourth-order valence-electron chi connectivity index (χ4n) is 2.58. The van der Waals surface area contributed by atoms with E-state index in [0.29, 0.717) is 17.2 Å². The molecule has 0 bridgehead atoms. The summed E-state index contributed by atoms with van der Waals surface area (Å²) in [5.41, 5.74) is 7.00. The topological polar surface area (TPSA) is 46.3 Å². The SMILES string of the molecule is CN(CC1CCCC1)C(=O)c1cc(Br)ccc1N. The monoisotopic (exact) mass is 310 g/mol. The molecule has 1 aliphatic rings. The van der Waals surface area contributed by atoms with Crippen LogP contribution in [0.5, 0.6) is 0 Å². The lowest BCUT2D eigenvalue weighted by atomic mass is 10.1. The van der Waals surface area contributed by atoms with E-state index in [4.69, 9.17) is 5.73 Å². The summed E-state index contributed by atoms with van der Waals surface area (Å²) in [5, 5.41) is 0. The molecular weight excluding hydrogens is 292 g/mol. The maximum absolute atomic E-state index is 12.3. The summed E-state index contributed by atoms with van der Waals surface area (Å²) in [7, 11) is 1.86. The number of benzene rings is 1. The van der Waals surface area contributed by atoms with Gasteiger partial charge in [-0.05, 0) is 37.0 Å². The van der Waals surface area contributed by atoms with E-state index in [0.717, 1.165) is 11.0 Å². The van der Waals surface area contributed by atoms with Gasteiger partial charge in [-0.3, -0.25) is 4.79 Å². The van der Waals surface area contributed by atoms with Crippen LogP contribution in [0.15, 0.2) is 22.7 Å². The number of nitrogen functional groups attached to an aromatic ring is 1. The summed E-state index contributed by atoms with van der Waals surface area (Å²) in [6.07, 6.45) is 5.08. The zero-order chi connectivity index (χ0) is 13.1. The summed E-state index contributed by atoms with van der Waals surface area (Å²) in [6.45, 7) is 0.838. The smallest absolute Gasteiger partial charge is 0.255 e. The van der Waals surface area contributed by atoms with E-state index >= 15 is 0 Å². The number of nitrogens with two attached hydrogens (primary N) is 1. The van der Waals surface area contributed by atoms with Crippen LogP contribution in [-0.4, -0.2) is 24.4 Å². The number of anilines is 1. The van der Waals surface area contributed by atoms with Gasteiger partial charge in [0.15, 0.2) is 0 Å². The van der Waals surface area contributed by atoms with Gasteiger partial charge in [-0.25, -0.2) is 0 Å². The van der Waals surface area contributed by atoms with Crippen LogP contribution in [0.25, 0.3) is 0 Å². The molecule has 0 aromatic heterocycles. The van der Waals surface area contributed by atoms with Gasteiger partial charge in [0.25, 0.3) is 5.91 Å². The Morgan fingerprint density at radius 1 is 1.44 bits per heavy atom. The van der Waals surface area contributed by atoms with E-state index in [2.05, 4.69) is 15.9 Å². The van der Waals surface area contributed by atoms with Gasteiger partial charge >= 0.3 is 0 Å². The van der Waals surface area contributed by atoms with Crippen LogP contribution in [0.2, 0.25) is 0 Å². The van der Waals surface area contributed by atoms with Crippen molar-refractivity contribution >= 4 is 27.5 Å². The standard InChI is InChI=1S/C14H19BrN2O/c1-17(9-10-4-2-3-5-10)14(18)12-8-11(15)6-7-13(12)16/h6-8,10H,2-5,9,16H2,1H3. The van der Waals surface area contributed by atoms with Crippen molar-refractivity contribution in [3.8, 4) is 0 Å². The fourth-order valence-corrected chi connectivity index (χ4v) is 2.94. The van der Waals surface area contributed by atoms with Crippen molar-refractivity contribution in [1.29, 1.82) is 0 Å². The lowest BCUT2D eigenvalue weighted by Gasteiger charge is -2.21. The van der Waals surface area contributed by atoms with Gasteiger partial charge in [-0.15, -0.1) is 0 Å². The predicted octanol–water partition coefficient (Wildman–Crippen LogP) is 3.29. The molecule has 0 atom stereocenters. The molecule has 98 valence electrons.